The molecule has 0 radical (unpaired) electrons. The second-order valence-corrected chi connectivity index (χ2v) is 5.47. The van der Waals surface area contributed by atoms with Crippen molar-refractivity contribution >= 4 is 17.3 Å². The Morgan fingerprint density at radius 1 is 1.20 bits per heavy atom. The van der Waals surface area contributed by atoms with Gasteiger partial charge >= 0.3 is 5.97 Å². The molecule has 0 saturated carbocycles. The summed E-state index contributed by atoms with van der Waals surface area (Å²) in [6.45, 7) is 1.92. The predicted molar refractivity (Wildman–Crippen MR) is 75.9 cm³/mol. The minimum Gasteiger partial charge on any atom is -0.493 e. The number of cyclic esters (lactones) is 1. The number of carbonyl (C=O) groups is 1. The maximum Gasteiger partial charge on any atom is 0.340 e. The number of hydrogen-bond donors (Lipinski definition) is 0. The standard InChI is InChI=1S/C15H14O4S/c1-8-7-20-14-12(8)15(16)19-13(14)9-4-5-10(17-2)11(6-9)18-3/h4-7,13H,1-3H3. The Kier molecular flexibility index (Phi) is 3.14. The van der Waals surface area contributed by atoms with Gasteiger partial charge in [0.1, 0.15) is 0 Å². The summed E-state index contributed by atoms with van der Waals surface area (Å²) < 4.78 is 16.0. The molecule has 0 N–H and O–H groups in total. The molecule has 1 aromatic carbocycles. The lowest BCUT2D eigenvalue weighted by Gasteiger charge is -2.13. The van der Waals surface area contributed by atoms with Crippen LogP contribution in [0, 0.1) is 6.92 Å². The van der Waals surface area contributed by atoms with Gasteiger partial charge in [0, 0.05) is 5.56 Å². The number of methoxy groups -OCH3 is 2. The van der Waals surface area contributed by atoms with Crippen molar-refractivity contribution in [3.63, 3.8) is 0 Å². The molecule has 0 amide bonds. The summed E-state index contributed by atoms with van der Waals surface area (Å²) in [4.78, 5) is 12.9. The van der Waals surface area contributed by atoms with Crippen molar-refractivity contribution in [2.75, 3.05) is 14.2 Å². The zero-order chi connectivity index (χ0) is 14.3. The first kappa shape index (κ1) is 13.0. The topological polar surface area (TPSA) is 44.8 Å². The van der Waals surface area contributed by atoms with E-state index in [0.717, 1.165) is 16.0 Å². The second-order valence-electron chi connectivity index (χ2n) is 4.56. The molecule has 1 atom stereocenters. The highest BCUT2D eigenvalue weighted by molar-refractivity contribution is 7.10. The van der Waals surface area contributed by atoms with E-state index in [2.05, 4.69) is 0 Å². The molecule has 4 nitrogen and oxygen atoms in total. The summed E-state index contributed by atoms with van der Waals surface area (Å²) in [5, 5.41) is 1.98. The zero-order valence-corrected chi connectivity index (χ0v) is 12.2. The Balaban J connectivity index is 2.05. The van der Waals surface area contributed by atoms with Crippen LogP contribution in [0.15, 0.2) is 23.6 Å². The van der Waals surface area contributed by atoms with E-state index in [1.54, 1.807) is 25.6 Å². The third-order valence-corrected chi connectivity index (χ3v) is 4.52. The fourth-order valence-corrected chi connectivity index (χ4v) is 3.46. The Morgan fingerprint density at radius 3 is 2.65 bits per heavy atom. The highest BCUT2D eigenvalue weighted by Crippen LogP contribution is 2.43. The predicted octanol–water partition coefficient (Wildman–Crippen LogP) is 3.33. The van der Waals surface area contributed by atoms with Gasteiger partial charge in [-0.1, -0.05) is 6.07 Å². The molecule has 1 aromatic heterocycles. The molecule has 104 valence electrons. The Morgan fingerprint density at radius 2 is 1.95 bits per heavy atom. The van der Waals surface area contributed by atoms with E-state index in [4.69, 9.17) is 14.2 Å². The monoisotopic (exact) mass is 290 g/mol. The third-order valence-electron chi connectivity index (χ3n) is 3.38. The maximum absolute atomic E-state index is 11.9. The summed E-state index contributed by atoms with van der Waals surface area (Å²) in [5.41, 5.74) is 2.56. The van der Waals surface area contributed by atoms with E-state index < -0.39 is 0 Å². The summed E-state index contributed by atoms with van der Waals surface area (Å²) in [6.07, 6.45) is -0.351. The molecule has 0 saturated heterocycles. The Bertz CT molecular complexity index is 675. The average molecular weight is 290 g/mol. The highest BCUT2D eigenvalue weighted by atomic mass is 32.1. The summed E-state index contributed by atoms with van der Waals surface area (Å²) in [7, 11) is 3.18. The summed E-state index contributed by atoms with van der Waals surface area (Å²) in [5.74, 6) is 1.03. The highest BCUT2D eigenvalue weighted by Gasteiger charge is 2.35. The molecular formula is C15H14O4S. The molecular weight excluding hydrogens is 276 g/mol. The summed E-state index contributed by atoms with van der Waals surface area (Å²) >= 11 is 1.55. The fourth-order valence-electron chi connectivity index (χ4n) is 2.37. The van der Waals surface area contributed by atoms with Crippen molar-refractivity contribution in [1.82, 2.24) is 0 Å². The van der Waals surface area contributed by atoms with Crippen LogP contribution in [0.25, 0.3) is 0 Å². The maximum atomic E-state index is 11.9. The van der Waals surface area contributed by atoms with E-state index in [-0.39, 0.29) is 12.1 Å². The number of esters is 1. The van der Waals surface area contributed by atoms with Crippen LogP contribution in [0.1, 0.15) is 32.5 Å². The van der Waals surface area contributed by atoms with Gasteiger partial charge < -0.3 is 14.2 Å². The van der Waals surface area contributed by atoms with Gasteiger partial charge in [-0.2, -0.15) is 0 Å². The lowest BCUT2D eigenvalue weighted by Crippen LogP contribution is -2.02. The van der Waals surface area contributed by atoms with Crippen LogP contribution >= 0.6 is 11.3 Å². The molecule has 1 aliphatic rings. The van der Waals surface area contributed by atoms with E-state index in [9.17, 15) is 4.79 Å². The molecule has 2 heterocycles. The smallest absolute Gasteiger partial charge is 0.340 e. The molecule has 1 aliphatic heterocycles. The van der Waals surface area contributed by atoms with Gasteiger partial charge in [-0.15, -0.1) is 11.3 Å². The number of benzene rings is 1. The van der Waals surface area contributed by atoms with Crippen molar-refractivity contribution in [3.05, 3.63) is 45.1 Å². The van der Waals surface area contributed by atoms with E-state index >= 15 is 0 Å². The van der Waals surface area contributed by atoms with Gasteiger partial charge in [-0.05, 0) is 30.0 Å². The van der Waals surface area contributed by atoms with E-state index in [0.29, 0.717) is 17.1 Å². The van der Waals surface area contributed by atoms with Crippen LogP contribution in [0.4, 0.5) is 0 Å². The van der Waals surface area contributed by atoms with Crippen molar-refractivity contribution in [1.29, 1.82) is 0 Å². The number of aryl methyl sites for hydroxylation is 1. The first-order valence-corrected chi connectivity index (χ1v) is 7.04. The van der Waals surface area contributed by atoms with Gasteiger partial charge in [0.15, 0.2) is 17.6 Å². The molecule has 1 unspecified atom stereocenters. The molecule has 5 heteroatoms. The largest absolute Gasteiger partial charge is 0.493 e. The Labute approximate surface area is 120 Å². The van der Waals surface area contributed by atoms with Gasteiger partial charge in [-0.3, -0.25) is 0 Å². The van der Waals surface area contributed by atoms with Crippen LogP contribution in [0.3, 0.4) is 0 Å². The van der Waals surface area contributed by atoms with Crippen molar-refractivity contribution in [3.8, 4) is 11.5 Å². The number of ether oxygens (including phenoxy) is 3. The SMILES string of the molecule is COc1ccc(C2OC(=O)c3c(C)csc32)cc1OC. The molecule has 2 aromatic rings. The van der Waals surface area contributed by atoms with Crippen LogP contribution in [0.2, 0.25) is 0 Å². The zero-order valence-electron chi connectivity index (χ0n) is 11.4. The molecule has 0 fully saturated rings. The molecule has 3 rings (SSSR count). The average Bonchev–Trinajstić information content (AvgIpc) is 3.00. The van der Waals surface area contributed by atoms with Crippen molar-refractivity contribution in [2.45, 2.75) is 13.0 Å². The number of thiophene rings is 1. The molecule has 0 aliphatic carbocycles. The van der Waals surface area contributed by atoms with Crippen LogP contribution in [-0.4, -0.2) is 20.2 Å². The second kappa shape index (κ2) is 4.83. The van der Waals surface area contributed by atoms with Crippen molar-refractivity contribution in [2.24, 2.45) is 0 Å². The minimum absolute atomic E-state index is 0.251. The van der Waals surface area contributed by atoms with Crippen LogP contribution < -0.4 is 9.47 Å². The third kappa shape index (κ3) is 1.86. The van der Waals surface area contributed by atoms with E-state index in [1.807, 2.05) is 30.5 Å². The fraction of sp³-hybridized carbons (Fsp3) is 0.267. The van der Waals surface area contributed by atoms with Gasteiger partial charge in [0.2, 0.25) is 0 Å². The first-order chi connectivity index (χ1) is 9.65. The molecule has 0 spiro atoms. The van der Waals surface area contributed by atoms with Gasteiger partial charge in [-0.25, -0.2) is 4.79 Å². The van der Waals surface area contributed by atoms with Gasteiger partial charge in [0.05, 0.1) is 24.7 Å². The number of hydrogen-bond acceptors (Lipinski definition) is 5. The lowest BCUT2D eigenvalue weighted by molar-refractivity contribution is 0.0457. The molecule has 0 bridgehead atoms. The van der Waals surface area contributed by atoms with Crippen LogP contribution in [-0.2, 0) is 4.74 Å². The van der Waals surface area contributed by atoms with E-state index in [1.165, 1.54) is 0 Å². The number of fused-ring (bicyclic) bond motifs is 1. The minimum atomic E-state index is -0.351. The van der Waals surface area contributed by atoms with Crippen LogP contribution in [0.5, 0.6) is 11.5 Å². The number of rotatable bonds is 3. The van der Waals surface area contributed by atoms with Gasteiger partial charge in [0.25, 0.3) is 0 Å². The summed E-state index contributed by atoms with van der Waals surface area (Å²) in [6, 6.07) is 5.56. The number of carbonyl (C=O) groups excluding carboxylic acids is 1. The quantitative estimate of drug-likeness (QED) is 0.813. The Hall–Kier alpha value is -2.01. The normalized spacial score (nSPS) is 16.8. The molecule has 20 heavy (non-hydrogen) atoms. The first-order valence-electron chi connectivity index (χ1n) is 6.16. The lowest BCUT2D eigenvalue weighted by atomic mass is 10.1. The van der Waals surface area contributed by atoms with Crippen molar-refractivity contribution < 1.29 is 19.0 Å².